The van der Waals surface area contributed by atoms with E-state index in [4.69, 9.17) is 5.11 Å². The highest BCUT2D eigenvalue weighted by molar-refractivity contribution is 7.09. The molecule has 5 nitrogen and oxygen atoms in total. The number of nitrogens with zero attached hydrogens (tertiary/aromatic N) is 1. The zero-order valence-electron chi connectivity index (χ0n) is 13.2. The maximum absolute atomic E-state index is 11.9. The minimum absolute atomic E-state index is 0.111. The number of aromatic nitrogens is 1. The van der Waals surface area contributed by atoms with E-state index in [1.54, 1.807) is 5.38 Å². The Morgan fingerprint density at radius 2 is 1.91 bits per heavy atom. The number of carboxylic acids is 1. The van der Waals surface area contributed by atoms with Gasteiger partial charge in [0.05, 0.1) is 18.5 Å². The molecule has 6 heteroatoms. The van der Waals surface area contributed by atoms with Crippen LogP contribution in [0.15, 0.2) is 29.6 Å². The van der Waals surface area contributed by atoms with Gasteiger partial charge in [-0.2, -0.15) is 0 Å². The molecule has 2 aromatic rings. The van der Waals surface area contributed by atoms with Gasteiger partial charge in [-0.1, -0.05) is 38.1 Å². The molecule has 2 rings (SSSR count). The predicted octanol–water partition coefficient (Wildman–Crippen LogP) is 2.75. The summed E-state index contributed by atoms with van der Waals surface area (Å²) in [5.41, 5.74) is 2.82. The average molecular weight is 332 g/mol. The van der Waals surface area contributed by atoms with E-state index in [0.717, 1.165) is 5.56 Å². The fraction of sp³-hybridized carbons (Fsp3) is 0.353. The SMILES string of the molecule is CC(C)c1ccc(CNC(=O)Cc2nc(CC(=O)O)cs2)cc1. The van der Waals surface area contributed by atoms with Crippen LogP contribution in [0.4, 0.5) is 0 Å². The van der Waals surface area contributed by atoms with E-state index in [2.05, 4.69) is 36.3 Å². The molecule has 1 heterocycles. The number of carboxylic acid groups (broad SMARTS) is 1. The third-order valence-corrected chi connectivity index (χ3v) is 4.28. The average Bonchev–Trinajstić information content (AvgIpc) is 2.91. The van der Waals surface area contributed by atoms with Gasteiger partial charge in [-0.15, -0.1) is 11.3 Å². The van der Waals surface area contributed by atoms with E-state index < -0.39 is 5.97 Å². The Bertz CT molecular complexity index is 677. The number of thiazole rings is 1. The number of nitrogens with one attached hydrogen (secondary N) is 1. The van der Waals surface area contributed by atoms with Gasteiger partial charge in [-0.05, 0) is 17.0 Å². The molecule has 23 heavy (non-hydrogen) atoms. The highest BCUT2D eigenvalue weighted by atomic mass is 32.1. The lowest BCUT2D eigenvalue weighted by Gasteiger charge is -2.08. The lowest BCUT2D eigenvalue weighted by Crippen LogP contribution is -2.24. The van der Waals surface area contributed by atoms with Crippen LogP contribution in [0.3, 0.4) is 0 Å². The summed E-state index contributed by atoms with van der Waals surface area (Å²) >= 11 is 1.31. The molecule has 0 aliphatic heterocycles. The second-order valence-corrected chi connectivity index (χ2v) is 6.60. The van der Waals surface area contributed by atoms with E-state index in [9.17, 15) is 9.59 Å². The topological polar surface area (TPSA) is 79.3 Å². The van der Waals surface area contributed by atoms with E-state index in [-0.39, 0.29) is 18.7 Å². The van der Waals surface area contributed by atoms with Crippen LogP contribution in [-0.4, -0.2) is 22.0 Å². The maximum atomic E-state index is 11.9. The molecule has 0 aliphatic carbocycles. The second-order valence-electron chi connectivity index (χ2n) is 5.65. The minimum Gasteiger partial charge on any atom is -0.481 e. The Balaban J connectivity index is 1.82. The van der Waals surface area contributed by atoms with Crippen molar-refractivity contribution >= 4 is 23.2 Å². The van der Waals surface area contributed by atoms with Crippen LogP contribution in [-0.2, 0) is 29.0 Å². The zero-order valence-corrected chi connectivity index (χ0v) is 14.0. The number of benzene rings is 1. The maximum Gasteiger partial charge on any atom is 0.309 e. The molecule has 0 saturated carbocycles. The molecular weight excluding hydrogens is 312 g/mol. The summed E-state index contributed by atoms with van der Waals surface area (Å²) in [4.78, 5) is 26.7. The van der Waals surface area contributed by atoms with Crippen molar-refractivity contribution in [3.05, 3.63) is 51.5 Å². The van der Waals surface area contributed by atoms with E-state index >= 15 is 0 Å². The molecule has 0 saturated heterocycles. The number of amides is 1. The number of hydrogen-bond acceptors (Lipinski definition) is 4. The Hall–Kier alpha value is -2.21. The Kier molecular flexibility index (Phi) is 5.87. The number of carbonyl (C=O) groups excluding carboxylic acids is 1. The fourth-order valence-electron chi connectivity index (χ4n) is 2.09. The van der Waals surface area contributed by atoms with Crippen molar-refractivity contribution < 1.29 is 14.7 Å². The van der Waals surface area contributed by atoms with Crippen molar-refractivity contribution in [1.82, 2.24) is 10.3 Å². The summed E-state index contributed by atoms with van der Waals surface area (Å²) in [5, 5.41) is 13.9. The van der Waals surface area contributed by atoms with E-state index in [1.165, 1.54) is 16.9 Å². The largest absolute Gasteiger partial charge is 0.481 e. The summed E-state index contributed by atoms with van der Waals surface area (Å²) in [6.45, 7) is 4.76. The third-order valence-electron chi connectivity index (χ3n) is 3.38. The molecule has 1 amide bonds. The molecule has 0 unspecified atom stereocenters. The fourth-order valence-corrected chi connectivity index (χ4v) is 2.88. The normalized spacial score (nSPS) is 10.7. The van der Waals surface area contributed by atoms with Gasteiger partial charge >= 0.3 is 5.97 Å². The van der Waals surface area contributed by atoms with Crippen molar-refractivity contribution in [3.63, 3.8) is 0 Å². The molecule has 0 bridgehead atoms. The monoisotopic (exact) mass is 332 g/mol. The first-order chi connectivity index (χ1) is 10.9. The highest BCUT2D eigenvalue weighted by Crippen LogP contribution is 2.15. The van der Waals surface area contributed by atoms with Gasteiger partial charge in [-0.3, -0.25) is 9.59 Å². The highest BCUT2D eigenvalue weighted by Gasteiger charge is 2.10. The Morgan fingerprint density at radius 1 is 1.22 bits per heavy atom. The first-order valence-electron chi connectivity index (χ1n) is 7.44. The number of carbonyl (C=O) groups is 2. The molecule has 1 aromatic carbocycles. The van der Waals surface area contributed by atoms with Gasteiger partial charge in [0.15, 0.2) is 0 Å². The minimum atomic E-state index is -0.920. The Labute approximate surface area is 139 Å². The molecule has 0 atom stereocenters. The van der Waals surface area contributed by atoms with Crippen LogP contribution in [0.25, 0.3) is 0 Å². The van der Waals surface area contributed by atoms with Gasteiger partial charge in [-0.25, -0.2) is 4.98 Å². The van der Waals surface area contributed by atoms with Crippen LogP contribution in [0.2, 0.25) is 0 Å². The van der Waals surface area contributed by atoms with Gasteiger partial charge in [0.2, 0.25) is 5.91 Å². The lowest BCUT2D eigenvalue weighted by molar-refractivity contribution is -0.136. The van der Waals surface area contributed by atoms with Gasteiger partial charge in [0.25, 0.3) is 0 Å². The predicted molar refractivity (Wildman–Crippen MR) is 89.5 cm³/mol. The molecule has 1 aromatic heterocycles. The van der Waals surface area contributed by atoms with Crippen LogP contribution in [0, 0.1) is 0 Å². The molecule has 122 valence electrons. The van der Waals surface area contributed by atoms with Crippen LogP contribution in [0.5, 0.6) is 0 Å². The third kappa shape index (κ3) is 5.49. The second kappa shape index (κ2) is 7.87. The summed E-state index contributed by atoms with van der Waals surface area (Å²) in [6.07, 6.45) is 0.0642. The molecule has 0 radical (unpaired) electrons. The summed E-state index contributed by atoms with van der Waals surface area (Å²) in [7, 11) is 0. The standard InChI is InChI=1S/C17H20N2O3S/c1-11(2)13-5-3-12(4-6-13)9-18-15(20)8-16-19-14(10-23-16)7-17(21)22/h3-6,10-11H,7-9H2,1-2H3,(H,18,20)(H,21,22). The van der Waals surface area contributed by atoms with Crippen molar-refractivity contribution in [2.24, 2.45) is 0 Å². The van der Waals surface area contributed by atoms with Crippen molar-refractivity contribution in [3.8, 4) is 0 Å². The molecular formula is C17H20N2O3S. The van der Waals surface area contributed by atoms with E-state index in [1.807, 2.05) is 12.1 Å². The zero-order chi connectivity index (χ0) is 16.8. The van der Waals surface area contributed by atoms with Crippen LogP contribution in [0.1, 0.15) is 41.6 Å². The van der Waals surface area contributed by atoms with Crippen molar-refractivity contribution in [1.29, 1.82) is 0 Å². The van der Waals surface area contributed by atoms with Gasteiger partial charge in [0.1, 0.15) is 5.01 Å². The summed E-state index contributed by atoms with van der Waals surface area (Å²) in [6, 6.07) is 8.18. The quantitative estimate of drug-likeness (QED) is 0.817. The van der Waals surface area contributed by atoms with Crippen LogP contribution < -0.4 is 5.32 Å². The van der Waals surface area contributed by atoms with Gasteiger partial charge < -0.3 is 10.4 Å². The smallest absolute Gasteiger partial charge is 0.309 e. The van der Waals surface area contributed by atoms with E-state index in [0.29, 0.717) is 23.2 Å². The molecule has 0 spiro atoms. The summed E-state index contributed by atoms with van der Waals surface area (Å²) < 4.78 is 0. The summed E-state index contributed by atoms with van der Waals surface area (Å²) in [5.74, 6) is -0.547. The molecule has 2 N–H and O–H groups in total. The van der Waals surface area contributed by atoms with Gasteiger partial charge in [0, 0.05) is 11.9 Å². The number of rotatable bonds is 7. The van der Waals surface area contributed by atoms with Crippen molar-refractivity contribution in [2.75, 3.05) is 0 Å². The van der Waals surface area contributed by atoms with Crippen LogP contribution >= 0.6 is 11.3 Å². The molecule has 0 aliphatic rings. The number of hydrogen-bond donors (Lipinski definition) is 2. The molecule has 0 fully saturated rings. The lowest BCUT2D eigenvalue weighted by atomic mass is 10.0. The first-order valence-corrected chi connectivity index (χ1v) is 8.32. The Morgan fingerprint density at radius 3 is 2.52 bits per heavy atom. The van der Waals surface area contributed by atoms with Crippen molar-refractivity contribution in [2.45, 2.75) is 39.2 Å². The number of aliphatic carboxylic acids is 1. The first kappa shape index (κ1) is 17.1.